The van der Waals surface area contributed by atoms with Gasteiger partial charge in [-0.3, -0.25) is 14.5 Å². The number of nitrogens with zero attached hydrogens (tertiary/aromatic N) is 1. The molecule has 0 atom stereocenters. The molecule has 1 aliphatic rings. The van der Waals surface area contributed by atoms with E-state index in [4.69, 9.17) is 9.59 Å². The van der Waals surface area contributed by atoms with Gasteiger partial charge in [-0.1, -0.05) is 0 Å². The van der Waals surface area contributed by atoms with Crippen LogP contribution in [0.5, 0.6) is 0 Å². The molecule has 0 spiro atoms. The molecule has 1 saturated heterocycles. The SMILES string of the molecule is C=O.C=O.CN1CCCNC(=O)C1.Cc1cc(C(=O)Nc2cc(F)c(F)c(F)c2)ccc1F. The van der Waals surface area contributed by atoms with Crippen molar-refractivity contribution in [3.8, 4) is 0 Å². The van der Waals surface area contributed by atoms with Gasteiger partial charge in [-0.25, -0.2) is 17.6 Å². The Bertz CT molecular complexity index is 919. The molecule has 0 radical (unpaired) electrons. The van der Waals surface area contributed by atoms with E-state index in [1.165, 1.54) is 19.1 Å². The van der Waals surface area contributed by atoms with Crippen molar-refractivity contribution < 1.29 is 36.7 Å². The molecular weight excluding hydrogens is 446 g/mol. The van der Waals surface area contributed by atoms with Gasteiger partial charge in [0.15, 0.2) is 17.5 Å². The summed E-state index contributed by atoms with van der Waals surface area (Å²) in [5.41, 5.74) is 0.150. The van der Waals surface area contributed by atoms with E-state index in [1.54, 1.807) is 0 Å². The summed E-state index contributed by atoms with van der Waals surface area (Å²) in [4.78, 5) is 40.6. The third-order valence-corrected chi connectivity index (χ3v) is 4.11. The van der Waals surface area contributed by atoms with E-state index in [0.717, 1.165) is 25.6 Å². The number of anilines is 1. The maximum absolute atomic E-state index is 13.1. The highest BCUT2D eigenvalue weighted by atomic mass is 19.2. The highest BCUT2D eigenvalue weighted by Gasteiger charge is 2.13. The van der Waals surface area contributed by atoms with Gasteiger partial charge in [0.1, 0.15) is 19.4 Å². The number of likely N-dealkylation sites (N-methyl/N-ethyl adjacent to an activating group) is 1. The van der Waals surface area contributed by atoms with Crippen molar-refractivity contribution in [1.82, 2.24) is 10.2 Å². The third-order valence-electron chi connectivity index (χ3n) is 4.11. The van der Waals surface area contributed by atoms with Gasteiger partial charge in [-0.15, -0.1) is 0 Å². The first-order chi connectivity index (χ1) is 15.7. The van der Waals surface area contributed by atoms with Gasteiger partial charge < -0.3 is 20.2 Å². The minimum atomic E-state index is -1.61. The van der Waals surface area contributed by atoms with Crippen molar-refractivity contribution in [3.05, 3.63) is 64.7 Å². The van der Waals surface area contributed by atoms with E-state index < -0.39 is 29.2 Å². The van der Waals surface area contributed by atoms with Crippen molar-refractivity contribution in [2.24, 2.45) is 0 Å². The summed E-state index contributed by atoms with van der Waals surface area (Å²) in [6.45, 7) is 7.89. The minimum Gasteiger partial charge on any atom is -0.355 e. The Morgan fingerprint density at radius 3 is 2.12 bits per heavy atom. The zero-order valence-electron chi connectivity index (χ0n) is 18.2. The number of rotatable bonds is 2. The molecule has 2 amide bonds. The van der Waals surface area contributed by atoms with Crippen LogP contribution in [0.3, 0.4) is 0 Å². The second-order valence-electron chi connectivity index (χ2n) is 6.61. The molecule has 0 saturated carbocycles. The zero-order chi connectivity index (χ0) is 25.6. The van der Waals surface area contributed by atoms with Crippen molar-refractivity contribution in [3.63, 3.8) is 0 Å². The molecule has 3 rings (SSSR count). The van der Waals surface area contributed by atoms with Crippen molar-refractivity contribution >= 4 is 31.1 Å². The van der Waals surface area contributed by atoms with Gasteiger partial charge in [0.05, 0.1) is 6.54 Å². The molecule has 0 aliphatic carbocycles. The minimum absolute atomic E-state index is 0.119. The van der Waals surface area contributed by atoms with Crippen molar-refractivity contribution in [1.29, 1.82) is 0 Å². The van der Waals surface area contributed by atoms with Crippen LogP contribution in [-0.2, 0) is 14.4 Å². The van der Waals surface area contributed by atoms with Crippen LogP contribution < -0.4 is 10.6 Å². The summed E-state index contributed by atoms with van der Waals surface area (Å²) >= 11 is 0. The standard InChI is InChI=1S/C14H9F4NO.C6H12N2O.2CH2O/c1-7-4-8(2-3-10(7)15)14(20)19-9-5-11(16)13(18)12(17)6-9;1-8-4-2-3-7-6(9)5-8;2*1-2/h2-6H,1H3,(H,19,20);2-5H2,1H3,(H,7,9);2*1H2. The van der Waals surface area contributed by atoms with E-state index in [9.17, 15) is 27.2 Å². The predicted octanol–water partition coefficient (Wildman–Crippen LogP) is 2.87. The lowest BCUT2D eigenvalue weighted by atomic mass is 10.1. The van der Waals surface area contributed by atoms with Crippen LogP contribution in [0.25, 0.3) is 0 Å². The van der Waals surface area contributed by atoms with Crippen LogP contribution in [0.4, 0.5) is 23.2 Å². The maximum atomic E-state index is 13.1. The zero-order valence-corrected chi connectivity index (χ0v) is 18.2. The molecule has 2 aromatic carbocycles. The molecule has 1 fully saturated rings. The van der Waals surface area contributed by atoms with Gasteiger partial charge in [-0.05, 0) is 44.2 Å². The van der Waals surface area contributed by atoms with Crippen molar-refractivity contribution in [2.75, 3.05) is 32.0 Å². The van der Waals surface area contributed by atoms with E-state index in [0.29, 0.717) is 18.7 Å². The molecule has 2 aromatic rings. The number of carbonyl (C=O) groups excluding carboxylic acids is 4. The molecule has 180 valence electrons. The van der Waals surface area contributed by atoms with Crippen molar-refractivity contribution in [2.45, 2.75) is 13.3 Å². The number of halogens is 4. The van der Waals surface area contributed by atoms with E-state index in [1.807, 2.05) is 25.5 Å². The fraction of sp³-hybridized carbons (Fsp3) is 0.273. The summed E-state index contributed by atoms with van der Waals surface area (Å²) in [5, 5.41) is 5.00. The Morgan fingerprint density at radius 1 is 1.00 bits per heavy atom. The van der Waals surface area contributed by atoms with Crippen LogP contribution in [0.2, 0.25) is 0 Å². The van der Waals surface area contributed by atoms with E-state index in [-0.39, 0.29) is 22.7 Å². The average molecular weight is 471 g/mol. The maximum Gasteiger partial charge on any atom is 0.255 e. The Morgan fingerprint density at radius 2 is 1.58 bits per heavy atom. The fourth-order valence-corrected chi connectivity index (χ4v) is 2.57. The molecule has 2 N–H and O–H groups in total. The predicted molar refractivity (Wildman–Crippen MR) is 115 cm³/mol. The molecular formula is C22H25F4N3O4. The van der Waals surface area contributed by atoms with E-state index >= 15 is 0 Å². The van der Waals surface area contributed by atoms with Crippen LogP contribution >= 0.6 is 0 Å². The number of carbonyl (C=O) groups is 4. The number of aryl methyl sites for hydroxylation is 1. The average Bonchev–Trinajstić information content (AvgIpc) is 2.99. The van der Waals surface area contributed by atoms with E-state index in [2.05, 4.69) is 10.6 Å². The molecule has 11 heteroatoms. The van der Waals surface area contributed by atoms with Gasteiger partial charge in [0, 0.05) is 36.5 Å². The lowest BCUT2D eigenvalue weighted by Crippen LogP contribution is -2.30. The number of amides is 2. The van der Waals surface area contributed by atoms with Crippen LogP contribution in [0.1, 0.15) is 22.3 Å². The van der Waals surface area contributed by atoms with Crippen LogP contribution in [-0.4, -0.2) is 57.0 Å². The van der Waals surface area contributed by atoms with Gasteiger partial charge in [0.25, 0.3) is 5.91 Å². The molecule has 1 aliphatic heterocycles. The number of benzene rings is 2. The fourth-order valence-electron chi connectivity index (χ4n) is 2.57. The first-order valence-electron chi connectivity index (χ1n) is 9.42. The topological polar surface area (TPSA) is 95.6 Å². The smallest absolute Gasteiger partial charge is 0.255 e. The number of hydrogen-bond acceptors (Lipinski definition) is 5. The molecule has 33 heavy (non-hydrogen) atoms. The Labute approximate surface area is 188 Å². The third kappa shape index (κ3) is 10.0. The summed E-state index contributed by atoms with van der Waals surface area (Å²) in [7, 11) is 1.96. The lowest BCUT2D eigenvalue weighted by Gasteiger charge is -2.08. The largest absolute Gasteiger partial charge is 0.355 e. The summed E-state index contributed by atoms with van der Waals surface area (Å²) in [6, 6.07) is 4.95. The van der Waals surface area contributed by atoms with Gasteiger partial charge >= 0.3 is 0 Å². The van der Waals surface area contributed by atoms with Gasteiger partial charge in [-0.2, -0.15) is 0 Å². The molecule has 0 unspecified atom stereocenters. The Balaban J connectivity index is 0.000000658. The molecule has 0 aromatic heterocycles. The molecule has 7 nitrogen and oxygen atoms in total. The molecule has 0 bridgehead atoms. The monoisotopic (exact) mass is 471 g/mol. The van der Waals surface area contributed by atoms with Crippen LogP contribution in [0.15, 0.2) is 30.3 Å². The Hall–Kier alpha value is -3.60. The van der Waals surface area contributed by atoms with Crippen LogP contribution in [0, 0.1) is 30.2 Å². The second-order valence-corrected chi connectivity index (χ2v) is 6.61. The van der Waals surface area contributed by atoms with Gasteiger partial charge in [0.2, 0.25) is 5.91 Å². The summed E-state index contributed by atoms with van der Waals surface area (Å²) < 4.78 is 51.8. The first kappa shape index (κ1) is 29.4. The lowest BCUT2D eigenvalue weighted by molar-refractivity contribution is -0.121. The summed E-state index contributed by atoms with van der Waals surface area (Å²) in [6.07, 6.45) is 1.07. The second kappa shape index (κ2) is 15.2. The first-order valence-corrected chi connectivity index (χ1v) is 9.42. The number of hydrogen-bond donors (Lipinski definition) is 2. The quantitative estimate of drug-likeness (QED) is 0.519. The molecule has 1 heterocycles. The number of nitrogens with one attached hydrogen (secondary N) is 2. The normalized spacial score (nSPS) is 12.8. The highest BCUT2D eigenvalue weighted by molar-refractivity contribution is 6.04. The Kier molecular flexibility index (Phi) is 13.6. The summed E-state index contributed by atoms with van der Waals surface area (Å²) in [5.74, 6) is -5.43. The highest BCUT2D eigenvalue weighted by Crippen LogP contribution is 2.18.